The highest BCUT2D eigenvalue weighted by atomic mass is 32.2. The lowest BCUT2D eigenvalue weighted by molar-refractivity contribution is 0.473. The van der Waals surface area contributed by atoms with Crippen LogP contribution in [0, 0.1) is 0 Å². The summed E-state index contributed by atoms with van der Waals surface area (Å²) in [6, 6.07) is 19.4. The molecule has 0 fully saturated rings. The van der Waals surface area contributed by atoms with Crippen molar-refractivity contribution >= 4 is 11.0 Å². The van der Waals surface area contributed by atoms with E-state index in [1.807, 2.05) is 20.8 Å². The fourth-order valence-electron chi connectivity index (χ4n) is 3.22. The second kappa shape index (κ2) is 6.58. The van der Waals surface area contributed by atoms with Crippen LogP contribution in [0.25, 0.3) is 0 Å². The smallest absolute Gasteiger partial charge is 0.0975 e. The van der Waals surface area contributed by atoms with Gasteiger partial charge in [0, 0.05) is 6.04 Å². The van der Waals surface area contributed by atoms with Gasteiger partial charge in [-0.25, -0.2) is 8.93 Å². The predicted molar refractivity (Wildman–Crippen MR) is 97.7 cm³/mol. The quantitative estimate of drug-likeness (QED) is 0.883. The number of fused-ring (bicyclic) bond motifs is 1. The summed E-state index contributed by atoms with van der Waals surface area (Å²) >= 11 is 0. The molecule has 1 aliphatic carbocycles. The lowest BCUT2D eigenvalue weighted by Crippen LogP contribution is -2.38. The Bertz CT molecular complexity index is 690. The Balaban J connectivity index is 1.90. The van der Waals surface area contributed by atoms with Gasteiger partial charge in [-0.05, 0) is 56.2 Å². The Kier molecular flexibility index (Phi) is 4.69. The zero-order chi connectivity index (χ0) is 16.4. The van der Waals surface area contributed by atoms with Crippen molar-refractivity contribution < 1.29 is 4.21 Å². The standard InChI is InChI=1S/C20H25NOS/c1-20(2,3)23(22)21-19-14-17(15-9-5-4-6-10-15)13-16-11-7-8-12-18(16)19/h4-12,17,19,21H,13-14H2,1-3H3/t17-,19+,23?/m0/s1. The Hall–Kier alpha value is -1.45. The van der Waals surface area contributed by atoms with Crippen LogP contribution in [0.2, 0.25) is 0 Å². The first-order valence-corrected chi connectivity index (χ1v) is 9.41. The molecule has 122 valence electrons. The molecule has 0 heterocycles. The van der Waals surface area contributed by atoms with Crippen LogP contribution in [0.1, 0.15) is 55.8 Å². The van der Waals surface area contributed by atoms with Crippen molar-refractivity contribution in [3.05, 3.63) is 71.3 Å². The van der Waals surface area contributed by atoms with E-state index in [-0.39, 0.29) is 10.8 Å². The van der Waals surface area contributed by atoms with Gasteiger partial charge in [-0.1, -0.05) is 54.6 Å². The molecule has 1 unspecified atom stereocenters. The molecule has 1 N–H and O–H groups in total. The van der Waals surface area contributed by atoms with E-state index < -0.39 is 11.0 Å². The van der Waals surface area contributed by atoms with E-state index in [9.17, 15) is 4.21 Å². The van der Waals surface area contributed by atoms with E-state index in [1.54, 1.807) is 0 Å². The second-order valence-electron chi connectivity index (χ2n) is 7.30. The Labute approximate surface area is 141 Å². The van der Waals surface area contributed by atoms with Crippen molar-refractivity contribution in [3.63, 3.8) is 0 Å². The molecular formula is C20H25NOS. The molecule has 3 heteroatoms. The maximum atomic E-state index is 12.6. The SMILES string of the molecule is CC(C)(C)S(=O)N[C@@H]1C[C@@H](c2ccccc2)Cc2ccccc21. The molecule has 0 saturated heterocycles. The number of hydrogen-bond donors (Lipinski definition) is 1. The molecule has 0 aliphatic heterocycles. The van der Waals surface area contributed by atoms with Crippen LogP contribution in [-0.4, -0.2) is 8.96 Å². The summed E-state index contributed by atoms with van der Waals surface area (Å²) < 4.78 is 15.7. The molecule has 2 nitrogen and oxygen atoms in total. The minimum absolute atomic E-state index is 0.144. The van der Waals surface area contributed by atoms with Crippen LogP contribution in [0.3, 0.4) is 0 Å². The zero-order valence-corrected chi connectivity index (χ0v) is 14.9. The Morgan fingerprint density at radius 1 is 1.00 bits per heavy atom. The molecule has 1 aliphatic rings. The van der Waals surface area contributed by atoms with Crippen LogP contribution >= 0.6 is 0 Å². The third-order valence-corrected chi connectivity index (χ3v) is 6.10. The number of hydrogen-bond acceptors (Lipinski definition) is 1. The van der Waals surface area contributed by atoms with Gasteiger partial charge in [-0.3, -0.25) is 0 Å². The van der Waals surface area contributed by atoms with Crippen LogP contribution in [0.15, 0.2) is 54.6 Å². The van der Waals surface area contributed by atoms with Gasteiger partial charge in [0.05, 0.1) is 15.7 Å². The van der Waals surface area contributed by atoms with Gasteiger partial charge in [0.25, 0.3) is 0 Å². The minimum atomic E-state index is -1.06. The van der Waals surface area contributed by atoms with Crippen molar-refractivity contribution in [1.82, 2.24) is 4.72 Å². The normalized spacial score (nSPS) is 22.4. The van der Waals surface area contributed by atoms with Gasteiger partial charge in [0.1, 0.15) is 0 Å². The monoisotopic (exact) mass is 327 g/mol. The maximum absolute atomic E-state index is 12.6. The largest absolute Gasteiger partial charge is 0.242 e. The molecule has 0 bridgehead atoms. The zero-order valence-electron chi connectivity index (χ0n) is 14.1. The maximum Gasteiger partial charge on any atom is 0.0975 e. The molecular weight excluding hydrogens is 302 g/mol. The third kappa shape index (κ3) is 3.73. The molecule has 3 rings (SSSR count). The first-order valence-electron chi connectivity index (χ1n) is 8.26. The van der Waals surface area contributed by atoms with Crippen molar-refractivity contribution in [2.45, 2.75) is 50.3 Å². The van der Waals surface area contributed by atoms with Gasteiger partial charge >= 0.3 is 0 Å². The first kappa shape index (κ1) is 16.4. The third-order valence-electron chi connectivity index (χ3n) is 4.49. The summed E-state index contributed by atoms with van der Waals surface area (Å²) in [4.78, 5) is 0. The highest BCUT2D eigenvalue weighted by Crippen LogP contribution is 2.39. The van der Waals surface area contributed by atoms with E-state index in [4.69, 9.17) is 0 Å². The van der Waals surface area contributed by atoms with Gasteiger partial charge < -0.3 is 0 Å². The van der Waals surface area contributed by atoms with Gasteiger partial charge in [0.15, 0.2) is 0 Å². The van der Waals surface area contributed by atoms with Crippen LogP contribution < -0.4 is 4.72 Å². The number of nitrogens with one attached hydrogen (secondary N) is 1. The van der Waals surface area contributed by atoms with E-state index in [0.717, 1.165) is 12.8 Å². The topological polar surface area (TPSA) is 29.1 Å². The lowest BCUT2D eigenvalue weighted by Gasteiger charge is -2.33. The summed E-state index contributed by atoms with van der Waals surface area (Å²) in [6.45, 7) is 6.04. The lowest BCUT2D eigenvalue weighted by atomic mass is 9.78. The average Bonchev–Trinajstić information content (AvgIpc) is 2.54. The van der Waals surface area contributed by atoms with Crippen LogP contribution in [0.4, 0.5) is 0 Å². The fraction of sp³-hybridized carbons (Fsp3) is 0.400. The summed E-state index contributed by atoms with van der Waals surface area (Å²) in [5.74, 6) is 0.473. The molecule has 0 saturated carbocycles. The van der Waals surface area contributed by atoms with E-state index in [2.05, 4.69) is 59.3 Å². The highest BCUT2D eigenvalue weighted by Gasteiger charge is 2.31. The Morgan fingerprint density at radius 3 is 2.35 bits per heavy atom. The predicted octanol–water partition coefficient (Wildman–Crippen LogP) is 4.51. The number of rotatable bonds is 3. The minimum Gasteiger partial charge on any atom is -0.242 e. The van der Waals surface area contributed by atoms with Crippen LogP contribution in [-0.2, 0) is 17.4 Å². The average molecular weight is 327 g/mol. The Morgan fingerprint density at radius 2 is 1.65 bits per heavy atom. The van der Waals surface area contributed by atoms with Crippen LogP contribution in [0.5, 0.6) is 0 Å². The number of benzene rings is 2. The highest BCUT2D eigenvalue weighted by molar-refractivity contribution is 7.84. The molecule has 2 aromatic carbocycles. The van der Waals surface area contributed by atoms with Gasteiger partial charge in [-0.2, -0.15) is 0 Å². The molecule has 0 amide bonds. The van der Waals surface area contributed by atoms with Gasteiger partial charge in [-0.15, -0.1) is 0 Å². The second-order valence-corrected chi connectivity index (χ2v) is 9.30. The van der Waals surface area contributed by atoms with Crippen molar-refractivity contribution in [3.8, 4) is 0 Å². The molecule has 23 heavy (non-hydrogen) atoms. The molecule has 3 atom stereocenters. The van der Waals surface area contributed by atoms with Crippen molar-refractivity contribution in [1.29, 1.82) is 0 Å². The van der Waals surface area contributed by atoms with Crippen molar-refractivity contribution in [2.24, 2.45) is 0 Å². The first-order chi connectivity index (χ1) is 10.9. The fourth-order valence-corrected chi connectivity index (χ4v) is 4.05. The molecule has 0 radical (unpaired) electrons. The summed E-state index contributed by atoms with van der Waals surface area (Å²) in [6.07, 6.45) is 2.05. The van der Waals surface area contributed by atoms with Crippen molar-refractivity contribution in [2.75, 3.05) is 0 Å². The van der Waals surface area contributed by atoms with E-state index >= 15 is 0 Å². The molecule has 0 aromatic heterocycles. The summed E-state index contributed by atoms with van der Waals surface area (Å²) in [5, 5.41) is 0. The van der Waals surface area contributed by atoms with Gasteiger partial charge in [0.2, 0.25) is 0 Å². The van der Waals surface area contributed by atoms with E-state index in [0.29, 0.717) is 5.92 Å². The van der Waals surface area contributed by atoms with E-state index in [1.165, 1.54) is 16.7 Å². The summed E-state index contributed by atoms with van der Waals surface area (Å²) in [5.41, 5.74) is 4.05. The summed E-state index contributed by atoms with van der Waals surface area (Å²) in [7, 11) is -1.06. The molecule has 0 spiro atoms. The molecule has 2 aromatic rings.